The minimum atomic E-state index is 0. The third-order valence-electron chi connectivity index (χ3n) is 4.70. The van der Waals surface area contributed by atoms with E-state index in [0.717, 1.165) is 68.2 Å². The van der Waals surface area contributed by atoms with Crippen LogP contribution in [0.1, 0.15) is 6.42 Å². The third kappa shape index (κ3) is 7.81. The van der Waals surface area contributed by atoms with Crippen molar-refractivity contribution in [1.82, 2.24) is 15.5 Å². The average molecular weight is 526 g/mol. The van der Waals surface area contributed by atoms with Crippen LogP contribution in [-0.4, -0.2) is 84.5 Å². The molecule has 0 aromatic heterocycles. The fraction of sp³-hybridized carbons (Fsp3) is 0.632. The highest BCUT2D eigenvalue weighted by Crippen LogP contribution is 2.33. The van der Waals surface area contributed by atoms with Gasteiger partial charge in [-0.05, 0) is 31.7 Å². The molecule has 7 nitrogen and oxygen atoms in total. The van der Waals surface area contributed by atoms with Gasteiger partial charge in [-0.2, -0.15) is 0 Å². The number of rotatable bonds is 9. The lowest BCUT2D eigenvalue weighted by Gasteiger charge is -2.23. The molecule has 0 aliphatic carbocycles. The highest BCUT2D eigenvalue weighted by molar-refractivity contribution is 14.0. The maximum absolute atomic E-state index is 6.17. The van der Waals surface area contributed by atoms with Crippen LogP contribution < -0.4 is 20.3 Å². The number of methoxy groups -OCH3 is 2. The first kappa shape index (κ1) is 25.1. The first-order valence-electron chi connectivity index (χ1n) is 9.30. The lowest BCUT2D eigenvalue weighted by atomic mass is 10.2. The van der Waals surface area contributed by atoms with Gasteiger partial charge in [0.1, 0.15) is 5.75 Å². The number of anilines is 1. The van der Waals surface area contributed by atoms with Crippen molar-refractivity contribution in [2.75, 3.05) is 72.5 Å². The maximum atomic E-state index is 6.17. The van der Waals surface area contributed by atoms with E-state index in [1.54, 1.807) is 21.3 Å². The van der Waals surface area contributed by atoms with E-state index in [9.17, 15) is 0 Å². The minimum absolute atomic E-state index is 0. The number of guanidine groups is 1. The fourth-order valence-corrected chi connectivity index (χ4v) is 3.29. The van der Waals surface area contributed by atoms with Crippen molar-refractivity contribution < 1.29 is 9.47 Å². The lowest BCUT2D eigenvalue weighted by Crippen LogP contribution is -2.46. The van der Waals surface area contributed by atoms with E-state index in [0.29, 0.717) is 6.04 Å². The molecule has 1 aromatic rings. The van der Waals surface area contributed by atoms with Crippen LogP contribution in [0.2, 0.25) is 5.02 Å². The van der Waals surface area contributed by atoms with E-state index < -0.39 is 0 Å². The Balaban J connectivity index is 0.00000392. The maximum Gasteiger partial charge on any atom is 0.191 e. The molecule has 1 unspecified atom stereocenters. The summed E-state index contributed by atoms with van der Waals surface area (Å²) in [5, 5.41) is 7.62. The van der Waals surface area contributed by atoms with Gasteiger partial charge in [-0.1, -0.05) is 11.6 Å². The van der Waals surface area contributed by atoms with Gasteiger partial charge in [0, 0.05) is 57.9 Å². The van der Waals surface area contributed by atoms with Crippen LogP contribution >= 0.6 is 35.6 Å². The standard InChI is InChI=1S/C19H32ClN5O2.HI/c1-21-19(22-8-10-24(2)11-12-26-3)23-16-7-9-25(14-16)17-13-15(20)5-6-18(17)27-4;/h5-6,13,16H,7-12,14H2,1-4H3,(H2,21,22,23);1H. The lowest BCUT2D eigenvalue weighted by molar-refractivity contribution is 0.162. The molecular weight excluding hydrogens is 493 g/mol. The molecule has 2 rings (SSSR count). The molecule has 160 valence electrons. The van der Waals surface area contributed by atoms with Gasteiger partial charge >= 0.3 is 0 Å². The predicted molar refractivity (Wildman–Crippen MR) is 128 cm³/mol. The van der Waals surface area contributed by atoms with Gasteiger partial charge in [-0.3, -0.25) is 4.99 Å². The van der Waals surface area contributed by atoms with E-state index in [2.05, 4.69) is 32.5 Å². The van der Waals surface area contributed by atoms with Gasteiger partial charge in [0.2, 0.25) is 0 Å². The molecule has 9 heteroatoms. The van der Waals surface area contributed by atoms with Crippen LogP contribution in [-0.2, 0) is 4.74 Å². The fourth-order valence-electron chi connectivity index (χ4n) is 3.12. The SMILES string of the molecule is CN=C(NCCN(C)CCOC)NC1CCN(c2cc(Cl)ccc2OC)C1.I. The van der Waals surface area contributed by atoms with E-state index in [4.69, 9.17) is 21.1 Å². The first-order valence-corrected chi connectivity index (χ1v) is 9.68. The number of ether oxygens (including phenoxy) is 2. The second-order valence-electron chi connectivity index (χ2n) is 6.69. The van der Waals surface area contributed by atoms with Crippen LogP contribution in [0.3, 0.4) is 0 Å². The highest BCUT2D eigenvalue weighted by Gasteiger charge is 2.25. The molecule has 1 aliphatic heterocycles. The second kappa shape index (κ2) is 13.3. The summed E-state index contributed by atoms with van der Waals surface area (Å²) in [6.07, 6.45) is 1.03. The molecule has 0 radical (unpaired) electrons. The van der Waals surface area contributed by atoms with Crippen molar-refractivity contribution in [3.05, 3.63) is 23.2 Å². The Morgan fingerprint density at radius 1 is 1.36 bits per heavy atom. The van der Waals surface area contributed by atoms with Gasteiger partial charge < -0.3 is 29.9 Å². The minimum Gasteiger partial charge on any atom is -0.495 e. The van der Waals surface area contributed by atoms with E-state index in [1.807, 2.05) is 18.2 Å². The Hall–Kier alpha value is -0.970. The Labute approximate surface area is 190 Å². The highest BCUT2D eigenvalue weighted by atomic mass is 127. The summed E-state index contributed by atoms with van der Waals surface area (Å²) < 4.78 is 10.6. The van der Waals surface area contributed by atoms with Crippen molar-refractivity contribution in [3.8, 4) is 5.75 Å². The number of hydrogen-bond acceptors (Lipinski definition) is 5. The summed E-state index contributed by atoms with van der Waals surface area (Å²) in [5.41, 5.74) is 1.04. The number of nitrogens with zero attached hydrogens (tertiary/aromatic N) is 3. The molecule has 0 amide bonds. The smallest absolute Gasteiger partial charge is 0.191 e. The number of benzene rings is 1. The van der Waals surface area contributed by atoms with Crippen LogP contribution in [0.4, 0.5) is 5.69 Å². The first-order chi connectivity index (χ1) is 13.1. The van der Waals surface area contributed by atoms with Gasteiger partial charge in [0.05, 0.1) is 19.4 Å². The van der Waals surface area contributed by atoms with Gasteiger partial charge in [0.15, 0.2) is 5.96 Å². The predicted octanol–water partition coefficient (Wildman–Crippen LogP) is 2.29. The normalized spacial score (nSPS) is 16.9. The third-order valence-corrected chi connectivity index (χ3v) is 4.93. The molecule has 1 fully saturated rings. The second-order valence-corrected chi connectivity index (χ2v) is 7.12. The average Bonchev–Trinajstić information content (AvgIpc) is 3.13. The van der Waals surface area contributed by atoms with E-state index in [1.165, 1.54) is 0 Å². The molecular formula is C19H33ClIN5O2. The number of hydrogen-bond donors (Lipinski definition) is 2. The van der Waals surface area contributed by atoms with Crippen LogP contribution in [0.5, 0.6) is 5.75 Å². The Kier molecular flexibility index (Phi) is 11.9. The molecule has 28 heavy (non-hydrogen) atoms. The summed E-state index contributed by atoms with van der Waals surface area (Å²) >= 11 is 6.17. The zero-order chi connectivity index (χ0) is 19.6. The monoisotopic (exact) mass is 525 g/mol. The Bertz CT molecular complexity index is 620. The van der Waals surface area contributed by atoms with Crippen molar-refractivity contribution in [3.63, 3.8) is 0 Å². The van der Waals surface area contributed by atoms with Crippen molar-refractivity contribution >= 4 is 47.2 Å². The molecule has 2 N–H and O–H groups in total. The molecule has 1 heterocycles. The zero-order valence-electron chi connectivity index (χ0n) is 17.2. The van der Waals surface area contributed by atoms with E-state index in [-0.39, 0.29) is 24.0 Å². The quantitative estimate of drug-likeness (QED) is 0.293. The van der Waals surface area contributed by atoms with Crippen LogP contribution in [0.15, 0.2) is 23.2 Å². The number of aliphatic imine (C=N–C) groups is 1. The van der Waals surface area contributed by atoms with Crippen LogP contribution in [0, 0.1) is 0 Å². The molecule has 0 saturated carbocycles. The summed E-state index contributed by atoms with van der Waals surface area (Å²) in [7, 11) is 7.30. The van der Waals surface area contributed by atoms with E-state index >= 15 is 0 Å². The molecule has 0 bridgehead atoms. The molecule has 1 aliphatic rings. The van der Waals surface area contributed by atoms with Gasteiger partial charge in [0.25, 0.3) is 0 Å². The summed E-state index contributed by atoms with van der Waals surface area (Å²) in [5.74, 6) is 1.68. The van der Waals surface area contributed by atoms with Crippen molar-refractivity contribution in [1.29, 1.82) is 0 Å². The zero-order valence-corrected chi connectivity index (χ0v) is 20.3. The van der Waals surface area contributed by atoms with Gasteiger partial charge in [-0.25, -0.2) is 0 Å². The summed E-state index contributed by atoms with van der Waals surface area (Å²) in [4.78, 5) is 8.87. The van der Waals surface area contributed by atoms with Crippen molar-refractivity contribution in [2.45, 2.75) is 12.5 Å². The molecule has 1 saturated heterocycles. The van der Waals surface area contributed by atoms with Crippen LogP contribution in [0.25, 0.3) is 0 Å². The topological polar surface area (TPSA) is 61.4 Å². The summed E-state index contributed by atoms with van der Waals surface area (Å²) in [6.45, 7) is 5.26. The van der Waals surface area contributed by atoms with Gasteiger partial charge in [-0.15, -0.1) is 24.0 Å². The van der Waals surface area contributed by atoms with Crippen molar-refractivity contribution in [2.24, 2.45) is 4.99 Å². The Morgan fingerprint density at radius 2 is 2.14 bits per heavy atom. The largest absolute Gasteiger partial charge is 0.495 e. The number of likely N-dealkylation sites (N-methyl/N-ethyl adjacent to an activating group) is 1. The summed E-state index contributed by atoms with van der Waals surface area (Å²) in [6, 6.07) is 6.06. The Morgan fingerprint density at radius 3 is 2.82 bits per heavy atom. The molecule has 1 atom stereocenters. The number of nitrogens with one attached hydrogen (secondary N) is 2. The molecule has 1 aromatic carbocycles. The number of halogens is 2. The molecule has 0 spiro atoms.